The zero-order valence-electron chi connectivity index (χ0n) is 8.24. The lowest BCUT2D eigenvalue weighted by Crippen LogP contribution is -2.31. The third-order valence-corrected chi connectivity index (χ3v) is 2.74. The van der Waals surface area contributed by atoms with Crippen molar-refractivity contribution >= 4 is 21.5 Å². The van der Waals surface area contributed by atoms with Crippen LogP contribution in [0.15, 0.2) is 6.20 Å². The third kappa shape index (κ3) is 3.20. The lowest BCUT2D eigenvalue weighted by atomic mass is 10.3. The van der Waals surface area contributed by atoms with E-state index >= 15 is 0 Å². The first-order valence-electron chi connectivity index (χ1n) is 4.21. The maximum Gasteiger partial charge on any atom is 0.184 e. The lowest BCUT2D eigenvalue weighted by Gasteiger charge is -2.19. The van der Waals surface area contributed by atoms with Crippen molar-refractivity contribution < 1.29 is 0 Å². The second-order valence-electron chi connectivity index (χ2n) is 3.26. The summed E-state index contributed by atoms with van der Waals surface area (Å²) in [5.74, 6) is 0. The van der Waals surface area contributed by atoms with Crippen LogP contribution in [0.5, 0.6) is 0 Å². The molecule has 3 N–H and O–H groups in total. The number of nitrogens with zero attached hydrogens (tertiary/aromatic N) is 2. The van der Waals surface area contributed by atoms with Crippen LogP contribution in [0.3, 0.4) is 0 Å². The molecule has 1 atom stereocenters. The van der Waals surface area contributed by atoms with Crippen LogP contribution in [-0.4, -0.2) is 36.6 Å². The molecule has 5 heteroatoms. The number of hydrogen-bond acceptors (Lipinski definition) is 5. The highest BCUT2D eigenvalue weighted by molar-refractivity contribution is 7.19. The van der Waals surface area contributed by atoms with E-state index in [9.17, 15) is 0 Å². The number of thiazole rings is 1. The predicted molar refractivity (Wildman–Crippen MR) is 58.2 cm³/mol. The molecule has 0 spiro atoms. The van der Waals surface area contributed by atoms with Gasteiger partial charge in [-0.3, -0.25) is 0 Å². The van der Waals surface area contributed by atoms with Gasteiger partial charge in [-0.2, -0.15) is 0 Å². The summed E-state index contributed by atoms with van der Waals surface area (Å²) in [6, 6.07) is 0.491. The average Bonchev–Trinajstić information content (AvgIpc) is 2.47. The van der Waals surface area contributed by atoms with Gasteiger partial charge in [-0.1, -0.05) is 11.3 Å². The first kappa shape index (κ1) is 10.3. The van der Waals surface area contributed by atoms with Gasteiger partial charge >= 0.3 is 0 Å². The molecule has 0 fully saturated rings. The number of nitrogens with one attached hydrogen (secondary N) is 1. The third-order valence-electron chi connectivity index (χ3n) is 1.95. The van der Waals surface area contributed by atoms with E-state index < -0.39 is 0 Å². The molecule has 4 nitrogen and oxygen atoms in total. The van der Waals surface area contributed by atoms with Gasteiger partial charge in [0.05, 0.1) is 6.20 Å². The molecule has 0 aliphatic carbocycles. The van der Waals surface area contributed by atoms with Crippen molar-refractivity contribution in [2.45, 2.75) is 13.0 Å². The van der Waals surface area contributed by atoms with Crippen molar-refractivity contribution in [3.8, 4) is 0 Å². The molecule has 74 valence electrons. The second-order valence-corrected chi connectivity index (χ2v) is 4.32. The van der Waals surface area contributed by atoms with E-state index in [1.54, 1.807) is 6.20 Å². The Labute approximate surface area is 82.8 Å². The van der Waals surface area contributed by atoms with Gasteiger partial charge in [0.1, 0.15) is 5.00 Å². The first-order valence-corrected chi connectivity index (χ1v) is 5.03. The van der Waals surface area contributed by atoms with Crippen molar-refractivity contribution in [3.05, 3.63) is 6.20 Å². The molecule has 0 bridgehead atoms. The number of nitrogen functional groups attached to an aromatic ring is 1. The smallest absolute Gasteiger partial charge is 0.184 e. The van der Waals surface area contributed by atoms with Crippen LogP contribution in [0.25, 0.3) is 0 Å². The van der Waals surface area contributed by atoms with Crippen molar-refractivity contribution in [2.24, 2.45) is 0 Å². The molecule has 0 saturated heterocycles. The molecule has 1 heterocycles. The quantitative estimate of drug-likeness (QED) is 0.764. The monoisotopic (exact) mass is 200 g/mol. The van der Waals surface area contributed by atoms with Crippen LogP contribution < -0.4 is 11.1 Å². The largest absolute Gasteiger partial charge is 0.389 e. The molecule has 1 unspecified atom stereocenters. The molecule has 1 aromatic rings. The number of nitrogens with two attached hydrogens (primary N) is 1. The Bertz CT molecular complexity index is 258. The van der Waals surface area contributed by atoms with Gasteiger partial charge < -0.3 is 16.0 Å². The van der Waals surface area contributed by atoms with Crippen molar-refractivity contribution in [1.29, 1.82) is 0 Å². The minimum atomic E-state index is 0.491. The zero-order valence-corrected chi connectivity index (χ0v) is 9.06. The normalized spacial score (nSPS) is 13.2. The molecule has 0 radical (unpaired) electrons. The summed E-state index contributed by atoms with van der Waals surface area (Å²) in [6.07, 6.45) is 1.67. The van der Waals surface area contributed by atoms with Crippen LogP contribution >= 0.6 is 11.3 Å². The topological polar surface area (TPSA) is 54.2 Å². The molecule has 0 amide bonds. The Morgan fingerprint density at radius 3 is 2.85 bits per heavy atom. The zero-order chi connectivity index (χ0) is 9.84. The highest BCUT2D eigenvalue weighted by Crippen LogP contribution is 2.19. The van der Waals surface area contributed by atoms with Gasteiger partial charge in [-0.05, 0) is 21.0 Å². The fourth-order valence-electron chi connectivity index (χ4n) is 0.786. The molecule has 0 aromatic carbocycles. The summed E-state index contributed by atoms with van der Waals surface area (Å²) in [5, 5.41) is 4.88. The summed E-state index contributed by atoms with van der Waals surface area (Å²) in [5.41, 5.74) is 5.55. The van der Waals surface area contributed by atoms with Gasteiger partial charge in [-0.25, -0.2) is 4.98 Å². The van der Waals surface area contributed by atoms with E-state index in [2.05, 4.69) is 36.2 Å². The van der Waals surface area contributed by atoms with Crippen molar-refractivity contribution in [3.63, 3.8) is 0 Å². The Morgan fingerprint density at radius 2 is 2.38 bits per heavy atom. The maximum atomic E-state index is 5.55. The number of likely N-dealkylation sites (N-methyl/N-ethyl adjacent to an activating group) is 1. The molecular formula is C8H16N4S. The molecular weight excluding hydrogens is 184 g/mol. The van der Waals surface area contributed by atoms with E-state index in [1.165, 1.54) is 11.3 Å². The van der Waals surface area contributed by atoms with E-state index in [0.717, 1.165) is 16.7 Å². The Morgan fingerprint density at radius 1 is 1.69 bits per heavy atom. The number of rotatable bonds is 4. The van der Waals surface area contributed by atoms with Gasteiger partial charge in [0.15, 0.2) is 5.13 Å². The van der Waals surface area contributed by atoms with Crippen LogP contribution in [-0.2, 0) is 0 Å². The minimum Gasteiger partial charge on any atom is -0.389 e. The second kappa shape index (κ2) is 4.43. The van der Waals surface area contributed by atoms with Crippen molar-refractivity contribution in [2.75, 3.05) is 31.7 Å². The highest BCUT2D eigenvalue weighted by Gasteiger charge is 2.04. The van der Waals surface area contributed by atoms with Gasteiger partial charge in [0, 0.05) is 12.6 Å². The van der Waals surface area contributed by atoms with E-state index in [4.69, 9.17) is 5.73 Å². The maximum absolute atomic E-state index is 5.55. The average molecular weight is 200 g/mol. The Hall–Kier alpha value is -0.810. The number of anilines is 2. The molecule has 1 rings (SSSR count). The van der Waals surface area contributed by atoms with Crippen LogP contribution in [0, 0.1) is 0 Å². The standard InChI is InChI=1S/C8H16N4S/c1-6(12(2)3)4-10-8-11-5-7(9)13-8/h5-6H,4,9H2,1-3H3,(H,10,11). The van der Waals surface area contributed by atoms with Gasteiger partial charge in [0.2, 0.25) is 0 Å². The fourth-order valence-corrected chi connectivity index (χ4v) is 1.38. The lowest BCUT2D eigenvalue weighted by molar-refractivity contribution is 0.326. The Balaban J connectivity index is 2.35. The van der Waals surface area contributed by atoms with Gasteiger partial charge in [-0.15, -0.1) is 0 Å². The van der Waals surface area contributed by atoms with E-state index in [-0.39, 0.29) is 0 Å². The summed E-state index contributed by atoms with van der Waals surface area (Å²) >= 11 is 1.48. The van der Waals surface area contributed by atoms with Crippen LogP contribution in [0.2, 0.25) is 0 Å². The first-order chi connectivity index (χ1) is 6.09. The molecule has 1 aromatic heterocycles. The number of aromatic nitrogens is 1. The van der Waals surface area contributed by atoms with Gasteiger partial charge in [0.25, 0.3) is 0 Å². The summed E-state index contributed by atoms with van der Waals surface area (Å²) in [6.45, 7) is 3.05. The number of hydrogen-bond donors (Lipinski definition) is 2. The summed E-state index contributed by atoms with van der Waals surface area (Å²) in [7, 11) is 4.12. The predicted octanol–water partition coefficient (Wildman–Crippen LogP) is 1.09. The van der Waals surface area contributed by atoms with Crippen LogP contribution in [0.1, 0.15) is 6.92 Å². The molecule has 0 saturated carbocycles. The summed E-state index contributed by atoms with van der Waals surface area (Å²) < 4.78 is 0. The summed E-state index contributed by atoms with van der Waals surface area (Å²) in [4.78, 5) is 6.27. The van der Waals surface area contributed by atoms with E-state index in [0.29, 0.717) is 6.04 Å². The molecule has 13 heavy (non-hydrogen) atoms. The molecule has 0 aliphatic rings. The van der Waals surface area contributed by atoms with E-state index in [1.807, 2.05) is 0 Å². The fraction of sp³-hybridized carbons (Fsp3) is 0.625. The molecule has 0 aliphatic heterocycles. The van der Waals surface area contributed by atoms with Crippen molar-refractivity contribution in [1.82, 2.24) is 9.88 Å². The van der Waals surface area contributed by atoms with Crippen LogP contribution in [0.4, 0.5) is 10.1 Å². The SMILES string of the molecule is CC(CNc1ncc(N)s1)N(C)C. The highest BCUT2D eigenvalue weighted by atomic mass is 32.1. The minimum absolute atomic E-state index is 0.491. The Kier molecular flexibility index (Phi) is 3.50.